The molecule has 0 aromatic carbocycles. The van der Waals surface area contributed by atoms with Crippen LogP contribution in [-0.4, -0.2) is 35.5 Å². The Hall–Kier alpha value is -1.05. The molecule has 1 fully saturated rings. The molecule has 1 atom stereocenters. The molecule has 6 heteroatoms. The summed E-state index contributed by atoms with van der Waals surface area (Å²) in [6.45, 7) is 7.64. The molecular formula is C17H29IN4O. The molecule has 5 nitrogen and oxygen atoms in total. The first-order valence-corrected chi connectivity index (χ1v) is 8.32. The summed E-state index contributed by atoms with van der Waals surface area (Å²) >= 11 is 0. The lowest BCUT2D eigenvalue weighted by Crippen LogP contribution is -2.43. The number of unbranched alkanes of at least 4 members (excludes halogenated alkanes) is 1. The molecule has 2 N–H and O–H groups in total. The second-order valence-corrected chi connectivity index (χ2v) is 6.04. The molecule has 2 heterocycles. The van der Waals surface area contributed by atoms with Gasteiger partial charge in [-0.25, -0.2) is 9.98 Å². The highest BCUT2D eigenvalue weighted by Crippen LogP contribution is 2.17. The Morgan fingerprint density at radius 1 is 1.52 bits per heavy atom. The zero-order valence-corrected chi connectivity index (χ0v) is 16.5. The van der Waals surface area contributed by atoms with E-state index in [9.17, 15) is 0 Å². The Balaban J connectivity index is 0.00000264. The fraction of sp³-hybridized carbons (Fsp3) is 0.647. The van der Waals surface area contributed by atoms with Gasteiger partial charge in [0.2, 0.25) is 5.88 Å². The first-order chi connectivity index (χ1) is 10.7. The largest absolute Gasteiger partial charge is 0.477 e. The van der Waals surface area contributed by atoms with Gasteiger partial charge < -0.3 is 15.4 Å². The fourth-order valence-corrected chi connectivity index (χ4v) is 2.65. The molecule has 0 saturated carbocycles. The number of piperidine rings is 1. The Bertz CT molecular complexity index is 495. The van der Waals surface area contributed by atoms with Crippen molar-refractivity contribution in [3.63, 3.8) is 0 Å². The van der Waals surface area contributed by atoms with Gasteiger partial charge in [0.15, 0.2) is 5.96 Å². The molecule has 130 valence electrons. The number of nitrogens with two attached hydrogens (primary N) is 1. The highest BCUT2D eigenvalue weighted by molar-refractivity contribution is 14.0. The Morgan fingerprint density at radius 2 is 2.35 bits per heavy atom. The summed E-state index contributed by atoms with van der Waals surface area (Å²) in [5.41, 5.74) is 7.14. The number of aromatic nitrogens is 1. The first-order valence-electron chi connectivity index (χ1n) is 8.32. The van der Waals surface area contributed by atoms with E-state index in [1.807, 2.05) is 12.1 Å². The van der Waals surface area contributed by atoms with Gasteiger partial charge in [-0.3, -0.25) is 0 Å². The third kappa shape index (κ3) is 6.53. The SMILES string of the molecule is CCCCOc1ncccc1CN=C(N)N1CCCC(C)C1.I. The molecule has 1 saturated heterocycles. The van der Waals surface area contributed by atoms with Crippen molar-refractivity contribution in [2.45, 2.75) is 46.1 Å². The quantitative estimate of drug-likeness (QED) is 0.324. The van der Waals surface area contributed by atoms with Crippen LogP contribution in [0.15, 0.2) is 23.3 Å². The fourth-order valence-electron chi connectivity index (χ4n) is 2.65. The molecule has 23 heavy (non-hydrogen) atoms. The number of hydrogen-bond acceptors (Lipinski definition) is 3. The highest BCUT2D eigenvalue weighted by atomic mass is 127. The molecule has 1 aromatic rings. The van der Waals surface area contributed by atoms with E-state index in [4.69, 9.17) is 10.5 Å². The normalized spacial score (nSPS) is 18.4. The van der Waals surface area contributed by atoms with Crippen molar-refractivity contribution in [2.24, 2.45) is 16.6 Å². The van der Waals surface area contributed by atoms with Gasteiger partial charge in [0.05, 0.1) is 13.2 Å². The van der Waals surface area contributed by atoms with Crippen LogP contribution in [-0.2, 0) is 6.54 Å². The number of nitrogens with zero attached hydrogens (tertiary/aromatic N) is 3. The second kappa shape index (κ2) is 10.7. The molecule has 0 amide bonds. The lowest BCUT2D eigenvalue weighted by molar-refractivity contribution is 0.270. The number of pyridine rings is 1. The molecule has 0 radical (unpaired) electrons. The highest BCUT2D eigenvalue weighted by Gasteiger charge is 2.17. The predicted octanol–water partition coefficient (Wildman–Crippen LogP) is 3.43. The van der Waals surface area contributed by atoms with Gasteiger partial charge in [-0.05, 0) is 31.2 Å². The third-order valence-electron chi connectivity index (χ3n) is 3.98. The zero-order valence-electron chi connectivity index (χ0n) is 14.2. The van der Waals surface area contributed by atoms with Gasteiger partial charge in [0.25, 0.3) is 0 Å². The minimum Gasteiger partial charge on any atom is -0.477 e. The molecular weight excluding hydrogens is 403 g/mol. The molecule has 1 aliphatic rings. The van der Waals surface area contributed by atoms with Gasteiger partial charge in [-0.15, -0.1) is 24.0 Å². The van der Waals surface area contributed by atoms with Crippen molar-refractivity contribution >= 4 is 29.9 Å². The van der Waals surface area contributed by atoms with Crippen LogP contribution in [0.4, 0.5) is 0 Å². The summed E-state index contributed by atoms with van der Waals surface area (Å²) in [6, 6.07) is 3.92. The van der Waals surface area contributed by atoms with E-state index in [2.05, 4.69) is 28.7 Å². The van der Waals surface area contributed by atoms with E-state index in [1.54, 1.807) is 6.20 Å². The summed E-state index contributed by atoms with van der Waals surface area (Å²) in [5, 5.41) is 0. The summed E-state index contributed by atoms with van der Waals surface area (Å²) in [4.78, 5) is 11.0. The van der Waals surface area contributed by atoms with E-state index in [0.29, 0.717) is 30.9 Å². The van der Waals surface area contributed by atoms with Crippen LogP contribution in [0.1, 0.15) is 45.1 Å². The van der Waals surface area contributed by atoms with Crippen molar-refractivity contribution in [3.05, 3.63) is 23.9 Å². The van der Waals surface area contributed by atoms with Crippen LogP contribution >= 0.6 is 24.0 Å². The van der Waals surface area contributed by atoms with Gasteiger partial charge in [-0.1, -0.05) is 26.3 Å². The van der Waals surface area contributed by atoms with Crippen molar-refractivity contribution < 1.29 is 4.74 Å². The average Bonchev–Trinajstić information content (AvgIpc) is 2.54. The van der Waals surface area contributed by atoms with Gasteiger partial charge in [-0.2, -0.15) is 0 Å². The number of likely N-dealkylation sites (tertiary alicyclic amines) is 1. The van der Waals surface area contributed by atoms with E-state index < -0.39 is 0 Å². The van der Waals surface area contributed by atoms with Crippen LogP contribution in [0, 0.1) is 5.92 Å². The van der Waals surface area contributed by atoms with E-state index in [-0.39, 0.29) is 24.0 Å². The Morgan fingerprint density at radius 3 is 3.09 bits per heavy atom. The van der Waals surface area contributed by atoms with Crippen LogP contribution < -0.4 is 10.5 Å². The van der Waals surface area contributed by atoms with Crippen LogP contribution in [0.25, 0.3) is 0 Å². The number of rotatable bonds is 6. The van der Waals surface area contributed by atoms with E-state index >= 15 is 0 Å². The van der Waals surface area contributed by atoms with Gasteiger partial charge >= 0.3 is 0 Å². The predicted molar refractivity (Wildman–Crippen MR) is 105 cm³/mol. The Labute approximate surface area is 156 Å². The minimum atomic E-state index is 0. The number of guanidine groups is 1. The molecule has 1 aromatic heterocycles. The number of aliphatic imine (C=N–C) groups is 1. The standard InChI is InChI=1S/C17H28N4O.HI/c1-3-4-11-22-16-15(8-5-9-19-16)12-20-17(18)21-10-6-7-14(2)13-21;/h5,8-9,14H,3-4,6-7,10-13H2,1-2H3,(H2,18,20);1H. The first kappa shape index (κ1) is 20.0. The molecule has 0 spiro atoms. The summed E-state index contributed by atoms with van der Waals surface area (Å²) in [7, 11) is 0. The molecule has 2 rings (SSSR count). The lowest BCUT2D eigenvalue weighted by Gasteiger charge is -2.31. The summed E-state index contributed by atoms with van der Waals surface area (Å²) in [5.74, 6) is 2.00. The van der Waals surface area contributed by atoms with Crippen molar-refractivity contribution in [3.8, 4) is 5.88 Å². The zero-order chi connectivity index (χ0) is 15.8. The summed E-state index contributed by atoms with van der Waals surface area (Å²) < 4.78 is 5.74. The number of ether oxygens (including phenoxy) is 1. The topological polar surface area (TPSA) is 63.7 Å². The second-order valence-electron chi connectivity index (χ2n) is 6.04. The molecule has 0 aliphatic carbocycles. The Kier molecular flexibility index (Phi) is 9.28. The summed E-state index contributed by atoms with van der Waals surface area (Å²) in [6.07, 6.45) is 6.37. The van der Waals surface area contributed by atoms with Crippen LogP contribution in [0.5, 0.6) is 5.88 Å². The van der Waals surface area contributed by atoms with E-state index in [0.717, 1.165) is 31.5 Å². The van der Waals surface area contributed by atoms with Gasteiger partial charge in [0.1, 0.15) is 0 Å². The lowest BCUT2D eigenvalue weighted by atomic mass is 10.0. The van der Waals surface area contributed by atoms with Crippen molar-refractivity contribution in [2.75, 3.05) is 19.7 Å². The van der Waals surface area contributed by atoms with E-state index in [1.165, 1.54) is 12.8 Å². The third-order valence-corrected chi connectivity index (χ3v) is 3.98. The molecule has 1 unspecified atom stereocenters. The number of hydrogen-bond donors (Lipinski definition) is 1. The molecule has 1 aliphatic heterocycles. The maximum absolute atomic E-state index is 6.14. The maximum Gasteiger partial charge on any atom is 0.218 e. The van der Waals surface area contributed by atoms with Crippen LogP contribution in [0.3, 0.4) is 0 Å². The van der Waals surface area contributed by atoms with Gasteiger partial charge in [0, 0.05) is 24.8 Å². The van der Waals surface area contributed by atoms with Crippen molar-refractivity contribution in [1.29, 1.82) is 0 Å². The smallest absolute Gasteiger partial charge is 0.218 e. The van der Waals surface area contributed by atoms with Crippen molar-refractivity contribution in [1.82, 2.24) is 9.88 Å². The van der Waals surface area contributed by atoms with Crippen LogP contribution in [0.2, 0.25) is 0 Å². The average molecular weight is 432 g/mol. The number of halogens is 1. The molecule has 0 bridgehead atoms. The monoisotopic (exact) mass is 432 g/mol. The maximum atomic E-state index is 6.14. The minimum absolute atomic E-state index is 0.